The summed E-state index contributed by atoms with van der Waals surface area (Å²) in [5.41, 5.74) is 2.68. The summed E-state index contributed by atoms with van der Waals surface area (Å²) in [6.45, 7) is 3.32. The molecule has 1 saturated heterocycles. The Morgan fingerprint density at radius 1 is 1.28 bits per heavy atom. The molecule has 1 aromatic heterocycles. The molecule has 2 aliphatic rings. The molecule has 0 N–H and O–H groups in total. The van der Waals surface area contributed by atoms with Gasteiger partial charge in [-0.2, -0.15) is 0 Å². The van der Waals surface area contributed by atoms with Crippen LogP contribution in [0, 0.1) is 0 Å². The fraction of sp³-hybridized carbons (Fsp3) is 0.391. The van der Waals surface area contributed by atoms with Crippen molar-refractivity contribution in [2.75, 3.05) is 33.3 Å². The highest BCUT2D eigenvalue weighted by Crippen LogP contribution is 2.30. The van der Waals surface area contributed by atoms with Crippen LogP contribution < -0.4 is 4.74 Å². The molecule has 3 heterocycles. The van der Waals surface area contributed by atoms with Gasteiger partial charge in [-0.05, 0) is 49.2 Å². The number of aromatic nitrogens is 1. The van der Waals surface area contributed by atoms with Crippen LogP contribution in [0.15, 0.2) is 48.2 Å². The number of pyridine rings is 1. The van der Waals surface area contributed by atoms with E-state index in [0.29, 0.717) is 17.2 Å². The molecular weight excluding hydrogens is 386 g/mol. The van der Waals surface area contributed by atoms with Gasteiger partial charge in [0.1, 0.15) is 12.4 Å². The van der Waals surface area contributed by atoms with Crippen molar-refractivity contribution in [3.05, 3.63) is 64.4 Å². The molecule has 0 bridgehead atoms. The van der Waals surface area contributed by atoms with Crippen molar-refractivity contribution in [3.8, 4) is 5.75 Å². The minimum atomic E-state index is 0.0440. The molecule has 0 saturated carbocycles. The molecule has 29 heavy (non-hydrogen) atoms. The first-order valence-electron chi connectivity index (χ1n) is 10.1. The maximum absolute atomic E-state index is 13.0. The van der Waals surface area contributed by atoms with Crippen LogP contribution in [0.3, 0.4) is 0 Å². The molecule has 1 aromatic carbocycles. The van der Waals surface area contributed by atoms with E-state index in [1.54, 1.807) is 6.07 Å². The Labute approximate surface area is 176 Å². The maximum atomic E-state index is 13.0. The second-order valence-electron chi connectivity index (χ2n) is 7.70. The number of hydrogen-bond acceptors (Lipinski definition) is 4. The fourth-order valence-electron chi connectivity index (χ4n) is 4.01. The van der Waals surface area contributed by atoms with Gasteiger partial charge in [-0.3, -0.25) is 9.78 Å². The Morgan fingerprint density at radius 3 is 2.86 bits per heavy atom. The number of piperidine rings is 1. The fourth-order valence-corrected chi connectivity index (χ4v) is 4.19. The van der Waals surface area contributed by atoms with Gasteiger partial charge in [0.25, 0.3) is 5.91 Å². The predicted molar refractivity (Wildman–Crippen MR) is 115 cm³/mol. The first-order valence-corrected chi connectivity index (χ1v) is 10.5. The van der Waals surface area contributed by atoms with Gasteiger partial charge in [0.15, 0.2) is 0 Å². The molecule has 0 radical (unpaired) electrons. The van der Waals surface area contributed by atoms with Crippen molar-refractivity contribution in [2.24, 2.45) is 0 Å². The summed E-state index contributed by atoms with van der Waals surface area (Å²) in [5, 5.41) is 0.642. The molecule has 0 spiro atoms. The van der Waals surface area contributed by atoms with Crippen LogP contribution >= 0.6 is 11.6 Å². The average molecular weight is 412 g/mol. The van der Waals surface area contributed by atoms with Gasteiger partial charge in [-0.25, -0.2) is 0 Å². The van der Waals surface area contributed by atoms with E-state index in [2.05, 4.69) is 16.0 Å². The number of fused-ring (bicyclic) bond motifs is 1. The van der Waals surface area contributed by atoms with Crippen LogP contribution in [0.4, 0.5) is 0 Å². The Morgan fingerprint density at radius 2 is 2.10 bits per heavy atom. The van der Waals surface area contributed by atoms with Crippen LogP contribution in [0.2, 0.25) is 5.02 Å². The first-order chi connectivity index (χ1) is 14.1. The number of likely N-dealkylation sites (tertiary alicyclic amines) is 1. The van der Waals surface area contributed by atoms with E-state index in [9.17, 15) is 4.79 Å². The summed E-state index contributed by atoms with van der Waals surface area (Å²) < 4.78 is 5.75. The lowest BCUT2D eigenvalue weighted by molar-refractivity contribution is -0.129. The van der Waals surface area contributed by atoms with E-state index in [1.165, 1.54) is 0 Å². The molecule has 5 nitrogen and oxygen atoms in total. The van der Waals surface area contributed by atoms with Gasteiger partial charge in [0.05, 0.1) is 5.57 Å². The summed E-state index contributed by atoms with van der Waals surface area (Å²) in [6.07, 6.45) is 6.69. The molecule has 6 heteroatoms. The minimum Gasteiger partial charge on any atom is -0.488 e. The van der Waals surface area contributed by atoms with Crippen molar-refractivity contribution in [2.45, 2.75) is 25.3 Å². The highest BCUT2D eigenvalue weighted by Gasteiger charge is 2.28. The zero-order valence-corrected chi connectivity index (χ0v) is 17.4. The van der Waals surface area contributed by atoms with Crippen LogP contribution in [-0.4, -0.2) is 60.0 Å². The van der Waals surface area contributed by atoms with Crippen molar-refractivity contribution in [3.63, 3.8) is 0 Å². The maximum Gasteiger partial charge on any atom is 0.253 e. The van der Waals surface area contributed by atoms with Crippen LogP contribution in [-0.2, 0) is 11.2 Å². The zero-order valence-electron chi connectivity index (χ0n) is 16.7. The molecule has 0 aliphatic carbocycles. The van der Waals surface area contributed by atoms with Crippen LogP contribution in [0.1, 0.15) is 24.1 Å². The first kappa shape index (κ1) is 19.9. The molecule has 1 fully saturated rings. The number of benzene rings is 1. The molecule has 4 rings (SSSR count). The Balaban J connectivity index is 1.31. The number of amides is 1. The lowest BCUT2D eigenvalue weighted by Gasteiger charge is -2.37. The van der Waals surface area contributed by atoms with Crippen molar-refractivity contribution < 1.29 is 9.53 Å². The summed E-state index contributed by atoms with van der Waals surface area (Å²) in [7, 11) is 1.91. The number of nitrogens with zero attached hydrogens (tertiary/aromatic N) is 3. The molecule has 1 amide bonds. The number of ether oxygens (including phenoxy) is 1. The Bertz CT molecular complexity index is 892. The van der Waals surface area contributed by atoms with Gasteiger partial charge in [-0.15, -0.1) is 0 Å². The molecule has 2 aliphatic heterocycles. The Kier molecular flexibility index (Phi) is 6.16. The number of carbonyl (C=O) groups is 1. The van der Waals surface area contributed by atoms with Gasteiger partial charge in [-0.1, -0.05) is 17.7 Å². The number of rotatable bonds is 5. The van der Waals surface area contributed by atoms with E-state index in [0.717, 1.165) is 55.9 Å². The second-order valence-corrected chi connectivity index (χ2v) is 8.14. The quantitative estimate of drug-likeness (QED) is 0.753. The van der Waals surface area contributed by atoms with E-state index < -0.39 is 0 Å². The number of likely N-dealkylation sites (N-methyl/N-ethyl adjacent to an activating group) is 1. The van der Waals surface area contributed by atoms with Crippen LogP contribution in [0.25, 0.3) is 6.08 Å². The summed E-state index contributed by atoms with van der Waals surface area (Å²) in [6, 6.07) is 11.8. The van der Waals surface area contributed by atoms with Gasteiger partial charge >= 0.3 is 0 Å². The molecular formula is C23H26ClN3O2. The smallest absolute Gasteiger partial charge is 0.253 e. The molecule has 0 unspecified atom stereocenters. The van der Waals surface area contributed by atoms with Gasteiger partial charge < -0.3 is 14.5 Å². The zero-order chi connectivity index (χ0) is 20.2. The van der Waals surface area contributed by atoms with Gasteiger partial charge in [0.2, 0.25) is 0 Å². The van der Waals surface area contributed by atoms with Crippen LogP contribution in [0.5, 0.6) is 5.75 Å². The standard InChI is InChI=1S/C23H26ClN3O2/c1-26(23(28)18-14-17-15-19(24)5-6-22(17)29-16-18)21-8-12-27(13-9-21)11-7-20-4-2-3-10-25-20/h2-6,10,14-15,21H,7-9,11-13,16H2,1H3. The highest BCUT2D eigenvalue weighted by molar-refractivity contribution is 6.30. The summed E-state index contributed by atoms with van der Waals surface area (Å²) in [5.74, 6) is 0.817. The van der Waals surface area contributed by atoms with E-state index in [1.807, 2.05) is 48.5 Å². The van der Waals surface area contributed by atoms with Crippen molar-refractivity contribution >= 4 is 23.6 Å². The SMILES string of the molecule is CN(C(=O)C1=Cc2cc(Cl)ccc2OC1)C1CCN(CCc2ccccn2)CC1. The summed E-state index contributed by atoms with van der Waals surface area (Å²) in [4.78, 5) is 21.8. The lowest BCUT2D eigenvalue weighted by Crippen LogP contribution is -2.46. The van der Waals surface area contributed by atoms with Crippen molar-refractivity contribution in [1.82, 2.24) is 14.8 Å². The number of carbonyl (C=O) groups excluding carboxylic acids is 1. The molecule has 2 aromatic rings. The Hall–Kier alpha value is -2.37. The lowest BCUT2D eigenvalue weighted by atomic mass is 10.0. The van der Waals surface area contributed by atoms with Crippen molar-refractivity contribution in [1.29, 1.82) is 0 Å². The number of halogens is 1. The third-order valence-corrected chi connectivity index (χ3v) is 6.03. The van der Waals surface area contributed by atoms with Gasteiger partial charge in [0, 0.05) is 61.6 Å². The summed E-state index contributed by atoms with van der Waals surface area (Å²) >= 11 is 6.08. The topological polar surface area (TPSA) is 45.7 Å². The average Bonchev–Trinajstić information content (AvgIpc) is 2.77. The van der Waals surface area contributed by atoms with E-state index in [-0.39, 0.29) is 11.9 Å². The molecule has 0 atom stereocenters. The second kappa shape index (κ2) is 8.97. The minimum absolute atomic E-state index is 0.0440. The molecule has 152 valence electrons. The van der Waals surface area contributed by atoms with E-state index in [4.69, 9.17) is 16.3 Å². The third kappa shape index (κ3) is 4.80. The number of hydrogen-bond donors (Lipinski definition) is 0. The predicted octanol–water partition coefficient (Wildman–Crippen LogP) is 3.68. The monoisotopic (exact) mass is 411 g/mol. The third-order valence-electron chi connectivity index (χ3n) is 5.79. The normalized spacial score (nSPS) is 17.2. The highest BCUT2D eigenvalue weighted by atomic mass is 35.5. The largest absolute Gasteiger partial charge is 0.488 e. The van der Waals surface area contributed by atoms with E-state index >= 15 is 0 Å².